The molecule has 0 spiro atoms. The van der Waals surface area contributed by atoms with E-state index in [2.05, 4.69) is 0 Å². The molecule has 0 radical (unpaired) electrons. The number of hydrogen-bond acceptors (Lipinski definition) is 4. The topological polar surface area (TPSA) is 52.6 Å². The van der Waals surface area contributed by atoms with Crippen molar-refractivity contribution in [2.75, 3.05) is 0 Å². The molecule has 0 bridgehead atoms. The lowest BCUT2D eigenvalue weighted by Gasteiger charge is -2.19. The van der Waals surface area contributed by atoms with Gasteiger partial charge in [-0.25, -0.2) is 9.59 Å². The van der Waals surface area contributed by atoms with Crippen molar-refractivity contribution in [1.82, 2.24) is 0 Å². The number of aryl methyl sites for hydroxylation is 1. The van der Waals surface area contributed by atoms with E-state index >= 15 is 0 Å². The quantitative estimate of drug-likeness (QED) is 0.787. The minimum Gasteiger partial charge on any atom is -0.460 e. The lowest BCUT2D eigenvalue weighted by atomic mass is 10.1. The number of hydrogen-bond donors (Lipinski definition) is 0. The maximum Gasteiger partial charge on any atom is 0.352 e. The predicted molar refractivity (Wildman–Crippen MR) is 87.0 cm³/mol. The Morgan fingerprint density at radius 3 is 2.04 bits per heavy atom. The summed E-state index contributed by atoms with van der Waals surface area (Å²) < 4.78 is 10.6. The molecule has 2 rings (SSSR count). The average Bonchev–Trinajstić information content (AvgIpc) is 2.53. The average molecular weight is 312 g/mol. The van der Waals surface area contributed by atoms with Crippen LogP contribution in [-0.4, -0.2) is 18.0 Å². The van der Waals surface area contributed by atoms with Gasteiger partial charge in [0.1, 0.15) is 0 Å². The van der Waals surface area contributed by atoms with Crippen molar-refractivity contribution in [3.8, 4) is 0 Å². The third-order valence-corrected chi connectivity index (χ3v) is 3.18. The summed E-state index contributed by atoms with van der Waals surface area (Å²) in [6.45, 7) is 5.45. The molecule has 0 saturated carbocycles. The third kappa shape index (κ3) is 4.68. The molecule has 0 aliphatic rings. The van der Waals surface area contributed by atoms with Gasteiger partial charge in [-0.3, -0.25) is 0 Å². The fraction of sp³-hybridized carbons (Fsp3) is 0.263. The minimum atomic E-state index is -1.08. The largest absolute Gasteiger partial charge is 0.460 e. The van der Waals surface area contributed by atoms with Gasteiger partial charge in [0, 0.05) is 5.56 Å². The summed E-state index contributed by atoms with van der Waals surface area (Å²) in [5.74, 6) is -1.13. The van der Waals surface area contributed by atoms with E-state index in [1.807, 2.05) is 19.1 Å². The number of carbonyl (C=O) groups excluding carboxylic acids is 2. The summed E-state index contributed by atoms with van der Waals surface area (Å²) in [6.07, 6.45) is -1.36. The van der Waals surface area contributed by atoms with Crippen molar-refractivity contribution in [2.24, 2.45) is 0 Å². The highest BCUT2D eigenvalue weighted by atomic mass is 16.6. The summed E-state index contributed by atoms with van der Waals surface area (Å²) in [4.78, 5) is 24.6. The summed E-state index contributed by atoms with van der Waals surface area (Å²) >= 11 is 0. The van der Waals surface area contributed by atoms with Gasteiger partial charge in [0.15, 0.2) is 0 Å². The Morgan fingerprint density at radius 1 is 0.870 bits per heavy atom. The number of ether oxygens (including phenoxy) is 2. The molecular weight excluding hydrogens is 292 g/mol. The molecule has 0 unspecified atom stereocenters. The van der Waals surface area contributed by atoms with E-state index in [0.717, 1.165) is 5.56 Å². The van der Waals surface area contributed by atoms with Crippen LogP contribution in [-0.2, 0) is 14.3 Å². The highest BCUT2D eigenvalue weighted by molar-refractivity contribution is 5.91. The maximum atomic E-state index is 12.3. The second-order valence-electron chi connectivity index (χ2n) is 5.55. The van der Waals surface area contributed by atoms with Gasteiger partial charge in [0.25, 0.3) is 0 Å². The monoisotopic (exact) mass is 312 g/mol. The van der Waals surface area contributed by atoms with Crippen LogP contribution >= 0.6 is 0 Å². The SMILES string of the molecule is Cc1ccc([C@H](OC(=O)c2ccccc2)C(=O)OC(C)C)cc1. The first-order valence-corrected chi connectivity index (χ1v) is 7.50. The molecule has 0 aliphatic carbocycles. The molecule has 0 amide bonds. The van der Waals surface area contributed by atoms with Gasteiger partial charge in [-0.05, 0) is 32.9 Å². The summed E-state index contributed by atoms with van der Waals surface area (Å²) in [6, 6.07) is 15.8. The Balaban J connectivity index is 2.24. The number of benzene rings is 2. The molecule has 120 valence electrons. The van der Waals surface area contributed by atoms with Gasteiger partial charge in [-0.1, -0.05) is 48.0 Å². The van der Waals surface area contributed by atoms with Crippen LogP contribution in [0.25, 0.3) is 0 Å². The molecule has 0 saturated heterocycles. The molecule has 23 heavy (non-hydrogen) atoms. The minimum absolute atomic E-state index is 0.286. The zero-order chi connectivity index (χ0) is 16.8. The van der Waals surface area contributed by atoms with E-state index in [-0.39, 0.29) is 6.10 Å². The van der Waals surface area contributed by atoms with E-state index in [4.69, 9.17) is 9.47 Å². The molecule has 4 heteroatoms. The third-order valence-electron chi connectivity index (χ3n) is 3.18. The smallest absolute Gasteiger partial charge is 0.352 e. The first kappa shape index (κ1) is 16.7. The summed E-state index contributed by atoms with van der Waals surface area (Å²) in [7, 11) is 0. The Labute approximate surface area is 136 Å². The molecule has 1 atom stereocenters. The van der Waals surface area contributed by atoms with Gasteiger partial charge >= 0.3 is 11.9 Å². The zero-order valence-electron chi connectivity index (χ0n) is 13.5. The van der Waals surface area contributed by atoms with Gasteiger partial charge in [0.2, 0.25) is 6.10 Å². The van der Waals surface area contributed by atoms with Crippen LogP contribution in [0.3, 0.4) is 0 Å². The van der Waals surface area contributed by atoms with E-state index in [9.17, 15) is 9.59 Å². The normalized spacial score (nSPS) is 11.8. The number of rotatable bonds is 5. The fourth-order valence-electron chi connectivity index (χ4n) is 2.04. The standard InChI is InChI=1S/C19H20O4/c1-13(2)22-19(21)17(15-11-9-14(3)10-12-15)23-18(20)16-7-5-4-6-8-16/h4-13,17H,1-3H3/t17-/m0/s1. The van der Waals surface area contributed by atoms with Gasteiger partial charge in [-0.2, -0.15) is 0 Å². The van der Waals surface area contributed by atoms with Crippen LogP contribution in [0.2, 0.25) is 0 Å². The molecule has 2 aromatic rings. The Morgan fingerprint density at radius 2 is 1.48 bits per heavy atom. The van der Waals surface area contributed by atoms with E-state index < -0.39 is 18.0 Å². The van der Waals surface area contributed by atoms with Crippen molar-refractivity contribution in [1.29, 1.82) is 0 Å². The van der Waals surface area contributed by atoms with Crippen molar-refractivity contribution in [3.63, 3.8) is 0 Å². The lowest BCUT2D eigenvalue weighted by molar-refractivity contribution is -0.158. The van der Waals surface area contributed by atoms with Gasteiger partial charge < -0.3 is 9.47 Å². The molecule has 0 aliphatic heterocycles. The molecule has 0 heterocycles. The van der Waals surface area contributed by atoms with Crippen LogP contribution in [0, 0.1) is 6.92 Å². The zero-order valence-corrected chi connectivity index (χ0v) is 13.5. The van der Waals surface area contributed by atoms with Crippen LogP contribution in [0.1, 0.15) is 41.4 Å². The summed E-state index contributed by atoms with van der Waals surface area (Å²) in [5, 5.41) is 0. The van der Waals surface area contributed by atoms with E-state index in [0.29, 0.717) is 11.1 Å². The molecule has 0 fully saturated rings. The highest BCUT2D eigenvalue weighted by Gasteiger charge is 2.27. The van der Waals surface area contributed by atoms with Crippen LogP contribution < -0.4 is 0 Å². The van der Waals surface area contributed by atoms with Gasteiger partial charge in [0.05, 0.1) is 11.7 Å². The molecular formula is C19H20O4. The molecule has 2 aromatic carbocycles. The van der Waals surface area contributed by atoms with Crippen LogP contribution in [0.15, 0.2) is 54.6 Å². The first-order chi connectivity index (χ1) is 11.0. The van der Waals surface area contributed by atoms with Crippen molar-refractivity contribution in [2.45, 2.75) is 33.0 Å². The first-order valence-electron chi connectivity index (χ1n) is 7.50. The van der Waals surface area contributed by atoms with Gasteiger partial charge in [-0.15, -0.1) is 0 Å². The molecule has 4 nitrogen and oxygen atoms in total. The Kier molecular flexibility index (Phi) is 5.52. The predicted octanol–water partition coefficient (Wildman–Crippen LogP) is 3.84. The molecule has 0 N–H and O–H groups in total. The lowest BCUT2D eigenvalue weighted by Crippen LogP contribution is -2.24. The number of carbonyl (C=O) groups is 2. The highest BCUT2D eigenvalue weighted by Crippen LogP contribution is 2.22. The Hall–Kier alpha value is -2.62. The number of esters is 2. The fourth-order valence-corrected chi connectivity index (χ4v) is 2.04. The van der Waals surface area contributed by atoms with E-state index in [1.165, 1.54) is 0 Å². The van der Waals surface area contributed by atoms with Crippen molar-refractivity contribution >= 4 is 11.9 Å². The second-order valence-corrected chi connectivity index (χ2v) is 5.55. The Bertz CT molecular complexity index is 660. The summed E-state index contributed by atoms with van der Waals surface area (Å²) in [5.41, 5.74) is 2.03. The van der Waals surface area contributed by atoms with Crippen LogP contribution in [0.5, 0.6) is 0 Å². The molecule has 0 aromatic heterocycles. The van der Waals surface area contributed by atoms with Crippen molar-refractivity contribution in [3.05, 3.63) is 71.3 Å². The van der Waals surface area contributed by atoms with Crippen LogP contribution in [0.4, 0.5) is 0 Å². The second kappa shape index (κ2) is 7.58. The maximum absolute atomic E-state index is 12.3. The van der Waals surface area contributed by atoms with E-state index in [1.54, 1.807) is 56.3 Å². The van der Waals surface area contributed by atoms with Crippen molar-refractivity contribution < 1.29 is 19.1 Å².